The lowest BCUT2D eigenvalue weighted by Gasteiger charge is -2.17. The van der Waals surface area contributed by atoms with Gasteiger partial charge in [-0.15, -0.1) is 6.58 Å². The van der Waals surface area contributed by atoms with Crippen molar-refractivity contribution in [3.05, 3.63) is 102 Å². The van der Waals surface area contributed by atoms with Crippen LogP contribution in [0, 0.1) is 0 Å². The second-order valence-electron chi connectivity index (χ2n) is 8.30. The molecule has 0 saturated heterocycles. The Morgan fingerprint density at radius 2 is 1.23 bits per heavy atom. The molecule has 0 saturated carbocycles. The molecule has 31 heavy (non-hydrogen) atoms. The summed E-state index contributed by atoms with van der Waals surface area (Å²) in [5, 5.41) is 6.93. The maximum atomic E-state index is 4.51. The molecule has 3 heteroatoms. The monoisotopic (exact) mass is 411 g/mol. The second kappa shape index (κ2) is 10.6. The van der Waals surface area contributed by atoms with Crippen molar-refractivity contribution in [2.45, 2.75) is 39.8 Å². The Kier molecular flexibility index (Phi) is 7.66. The van der Waals surface area contributed by atoms with E-state index in [1.54, 1.807) is 0 Å². The smallest absolute Gasteiger partial charge is 0.0578 e. The first-order valence-corrected chi connectivity index (χ1v) is 11.0. The van der Waals surface area contributed by atoms with E-state index in [2.05, 4.69) is 123 Å². The van der Waals surface area contributed by atoms with Crippen molar-refractivity contribution >= 4 is 22.7 Å². The van der Waals surface area contributed by atoms with Crippen LogP contribution in [0.2, 0.25) is 0 Å². The van der Waals surface area contributed by atoms with Crippen molar-refractivity contribution in [3.63, 3.8) is 0 Å². The number of rotatable bonds is 8. The Labute approximate surface area is 187 Å². The van der Waals surface area contributed by atoms with Gasteiger partial charge >= 0.3 is 0 Å². The minimum Gasteiger partial charge on any atom is -0.383 e. The van der Waals surface area contributed by atoms with Crippen molar-refractivity contribution in [1.29, 1.82) is 0 Å². The van der Waals surface area contributed by atoms with Crippen LogP contribution in [0.25, 0.3) is 5.57 Å². The summed E-state index contributed by atoms with van der Waals surface area (Å²) in [6, 6.07) is 18.2. The van der Waals surface area contributed by atoms with Gasteiger partial charge in [-0.2, -0.15) is 0 Å². The van der Waals surface area contributed by atoms with Gasteiger partial charge in [-0.25, -0.2) is 0 Å². The molecule has 3 rings (SSSR count). The zero-order chi connectivity index (χ0) is 22.2. The summed E-state index contributed by atoms with van der Waals surface area (Å²) in [5.74, 6) is 0. The Hall–Kier alpha value is -3.33. The third-order valence-corrected chi connectivity index (χ3v) is 4.82. The molecule has 2 aromatic carbocycles. The predicted molar refractivity (Wildman–Crippen MR) is 137 cm³/mol. The van der Waals surface area contributed by atoms with E-state index in [9.17, 15) is 0 Å². The Morgan fingerprint density at radius 1 is 0.774 bits per heavy atom. The van der Waals surface area contributed by atoms with Crippen molar-refractivity contribution in [1.82, 2.24) is 0 Å². The highest BCUT2D eigenvalue weighted by Crippen LogP contribution is 2.31. The molecule has 0 fully saturated rings. The summed E-state index contributed by atoms with van der Waals surface area (Å²) >= 11 is 0. The third kappa shape index (κ3) is 6.32. The molecule has 1 aliphatic rings. The molecule has 0 amide bonds. The molecule has 2 N–H and O–H groups in total. The van der Waals surface area contributed by atoms with Crippen molar-refractivity contribution in [2.75, 3.05) is 17.2 Å². The van der Waals surface area contributed by atoms with Crippen LogP contribution < -0.4 is 10.6 Å². The average molecular weight is 412 g/mol. The third-order valence-electron chi connectivity index (χ3n) is 4.82. The van der Waals surface area contributed by atoms with Crippen LogP contribution in [-0.4, -0.2) is 24.3 Å². The first-order chi connectivity index (χ1) is 15.0. The van der Waals surface area contributed by atoms with Gasteiger partial charge in [-0.05, 0) is 86.4 Å². The molecule has 0 spiro atoms. The van der Waals surface area contributed by atoms with Crippen LogP contribution in [0.1, 0.15) is 38.8 Å². The highest BCUT2D eigenvalue weighted by molar-refractivity contribution is 6.07. The number of nitrogens with zero attached hydrogens (tertiary/aromatic N) is 1. The van der Waals surface area contributed by atoms with E-state index >= 15 is 0 Å². The Balaban J connectivity index is 2.01. The van der Waals surface area contributed by atoms with Gasteiger partial charge in [0, 0.05) is 23.5 Å². The number of benzene rings is 2. The number of aliphatic imine (C=N–C) groups is 1. The highest BCUT2D eigenvalue weighted by Gasteiger charge is 2.12. The predicted octanol–water partition coefficient (Wildman–Crippen LogP) is 6.88. The maximum Gasteiger partial charge on any atom is 0.0578 e. The standard InChI is InChI=1S/C28H33N3/c1-6-19-29-25-13-7-22(8-14-25)28(23-9-15-26(16-10-23)30-20(2)3)24-11-17-27(18-12-24)31-21(4)5/h6-18,20-21,30-31H,1,19H2,2-5H3. The lowest BCUT2D eigenvalue weighted by atomic mass is 9.90. The molecule has 1 aliphatic carbocycles. The number of anilines is 2. The molecule has 3 nitrogen and oxygen atoms in total. The molecule has 160 valence electrons. The molecule has 0 aliphatic heterocycles. The molecule has 0 aromatic heterocycles. The normalized spacial score (nSPS) is 13.0. The van der Waals surface area contributed by atoms with E-state index in [1.165, 1.54) is 22.3 Å². The lowest BCUT2D eigenvalue weighted by Crippen LogP contribution is -2.09. The van der Waals surface area contributed by atoms with E-state index in [1.807, 2.05) is 6.08 Å². The molecule has 0 radical (unpaired) electrons. The van der Waals surface area contributed by atoms with Crippen LogP contribution in [0.4, 0.5) is 11.4 Å². The van der Waals surface area contributed by atoms with Gasteiger partial charge in [0.25, 0.3) is 0 Å². The molecule has 2 aromatic rings. The number of hydrogen-bond donors (Lipinski definition) is 2. The fourth-order valence-corrected chi connectivity index (χ4v) is 3.54. The Morgan fingerprint density at radius 3 is 1.61 bits per heavy atom. The van der Waals surface area contributed by atoms with E-state index in [0.29, 0.717) is 18.6 Å². The minimum absolute atomic E-state index is 0.405. The summed E-state index contributed by atoms with van der Waals surface area (Å²) < 4.78 is 0. The SMILES string of the molecule is C=CCN=C1C=CC(=C(c2ccc(NC(C)C)cc2)c2ccc(NC(C)C)cc2)C=C1. The molecule has 0 atom stereocenters. The first-order valence-electron chi connectivity index (χ1n) is 11.0. The molecule has 0 heterocycles. The van der Waals surface area contributed by atoms with Crippen LogP contribution in [-0.2, 0) is 0 Å². The van der Waals surface area contributed by atoms with Gasteiger partial charge in [0.2, 0.25) is 0 Å². The lowest BCUT2D eigenvalue weighted by molar-refractivity contribution is 0.899. The fraction of sp³-hybridized carbons (Fsp3) is 0.250. The first kappa shape index (κ1) is 22.4. The molecular formula is C28H33N3. The summed E-state index contributed by atoms with van der Waals surface area (Å²) in [6.07, 6.45) is 10.3. The average Bonchev–Trinajstić information content (AvgIpc) is 2.75. The minimum atomic E-state index is 0.405. The topological polar surface area (TPSA) is 36.4 Å². The van der Waals surface area contributed by atoms with Crippen LogP contribution in [0.5, 0.6) is 0 Å². The quantitative estimate of drug-likeness (QED) is 0.464. The zero-order valence-electron chi connectivity index (χ0n) is 19.0. The Bertz CT molecular complexity index is 928. The van der Waals surface area contributed by atoms with E-state index in [4.69, 9.17) is 0 Å². The van der Waals surface area contributed by atoms with Gasteiger partial charge in [0.1, 0.15) is 0 Å². The van der Waals surface area contributed by atoms with Gasteiger partial charge in [0.15, 0.2) is 0 Å². The summed E-state index contributed by atoms with van der Waals surface area (Å²) in [7, 11) is 0. The van der Waals surface area contributed by atoms with Crippen molar-refractivity contribution in [2.24, 2.45) is 4.99 Å². The van der Waals surface area contributed by atoms with Crippen LogP contribution >= 0.6 is 0 Å². The largest absolute Gasteiger partial charge is 0.383 e. The van der Waals surface area contributed by atoms with Crippen LogP contribution in [0.3, 0.4) is 0 Å². The molecule has 0 bridgehead atoms. The van der Waals surface area contributed by atoms with Crippen molar-refractivity contribution in [3.8, 4) is 0 Å². The van der Waals surface area contributed by atoms with E-state index < -0.39 is 0 Å². The van der Waals surface area contributed by atoms with Gasteiger partial charge in [0.05, 0.1) is 12.3 Å². The zero-order valence-corrected chi connectivity index (χ0v) is 19.0. The summed E-state index contributed by atoms with van der Waals surface area (Å²) in [6.45, 7) is 13.0. The fourth-order valence-electron chi connectivity index (χ4n) is 3.54. The number of hydrogen-bond acceptors (Lipinski definition) is 3. The summed E-state index contributed by atoms with van der Waals surface area (Å²) in [4.78, 5) is 4.51. The molecular weight excluding hydrogens is 378 g/mol. The maximum absolute atomic E-state index is 4.51. The second-order valence-corrected chi connectivity index (χ2v) is 8.30. The van der Waals surface area contributed by atoms with Gasteiger partial charge in [-0.3, -0.25) is 4.99 Å². The van der Waals surface area contributed by atoms with E-state index in [0.717, 1.165) is 17.1 Å². The number of nitrogens with one attached hydrogen (secondary N) is 2. The van der Waals surface area contributed by atoms with E-state index in [-0.39, 0.29) is 0 Å². The summed E-state index contributed by atoms with van der Waals surface area (Å²) in [5.41, 5.74) is 8.00. The van der Waals surface area contributed by atoms with Crippen LogP contribution in [0.15, 0.2) is 96.1 Å². The highest BCUT2D eigenvalue weighted by atomic mass is 14.9. The molecule has 0 unspecified atom stereocenters. The van der Waals surface area contributed by atoms with Gasteiger partial charge < -0.3 is 10.6 Å². The number of allylic oxidation sites excluding steroid dienone is 5. The van der Waals surface area contributed by atoms with Crippen molar-refractivity contribution < 1.29 is 0 Å². The van der Waals surface area contributed by atoms with Gasteiger partial charge in [-0.1, -0.05) is 42.5 Å².